The van der Waals surface area contributed by atoms with Crippen LogP contribution in [-0.4, -0.2) is 62.6 Å². The van der Waals surface area contributed by atoms with Crippen LogP contribution in [0.3, 0.4) is 0 Å². The first kappa shape index (κ1) is 27.2. The molecule has 1 aromatic carbocycles. The number of nitrogens with two attached hydrogens (primary N) is 1. The van der Waals surface area contributed by atoms with Gasteiger partial charge in [0.05, 0.1) is 17.2 Å². The predicted molar refractivity (Wildman–Crippen MR) is 129 cm³/mol. The molecule has 0 radical (unpaired) electrons. The highest BCUT2D eigenvalue weighted by Gasteiger charge is 2.63. The van der Waals surface area contributed by atoms with Crippen molar-refractivity contribution in [2.24, 2.45) is 17.6 Å². The van der Waals surface area contributed by atoms with Gasteiger partial charge < -0.3 is 36.8 Å². The van der Waals surface area contributed by atoms with Crippen LogP contribution >= 0.6 is 0 Å². The van der Waals surface area contributed by atoms with Crippen molar-refractivity contribution in [3.8, 4) is 5.75 Å². The van der Waals surface area contributed by atoms with Crippen LogP contribution in [0.1, 0.15) is 59.3 Å². The molecule has 5 rings (SSSR count). The lowest BCUT2D eigenvalue weighted by Crippen LogP contribution is -2.64. The summed E-state index contributed by atoms with van der Waals surface area (Å²) in [7, 11) is 0. The van der Waals surface area contributed by atoms with Crippen molar-refractivity contribution in [2.45, 2.75) is 56.5 Å². The zero-order valence-corrected chi connectivity index (χ0v) is 20.9. The lowest BCUT2D eigenvalue weighted by molar-refractivity contribution is -0.146. The molecule has 8 N–H and O–H groups in total. The van der Waals surface area contributed by atoms with Gasteiger partial charge in [-0.1, -0.05) is 6.92 Å². The molecule has 1 aliphatic heterocycles. The molecule has 0 spiro atoms. The van der Waals surface area contributed by atoms with Crippen molar-refractivity contribution in [3.63, 3.8) is 0 Å². The Morgan fingerprint density at radius 2 is 1.95 bits per heavy atom. The van der Waals surface area contributed by atoms with E-state index in [2.05, 4.69) is 10.6 Å². The van der Waals surface area contributed by atoms with Crippen LogP contribution in [-0.2, 0) is 22.2 Å². The van der Waals surface area contributed by atoms with Gasteiger partial charge in [0.15, 0.2) is 11.4 Å². The summed E-state index contributed by atoms with van der Waals surface area (Å²) in [6.45, 7) is 2.30. The van der Waals surface area contributed by atoms with E-state index in [1.807, 2.05) is 0 Å². The third-order valence-corrected chi connectivity index (χ3v) is 8.38. The topological polar surface area (TPSA) is 182 Å². The number of aliphatic hydroxyl groups is 3. The van der Waals surface area contributed by atoms with E-state index in [9.17, 15) is 48.0 Å². The molecule has 4 aliphatic rings. The number of aromatic hydroxyl groups is 1. The number of halogens is 3. The highest BCUT2D eigenvalue weighted by atomic mass is 19.4. The molecule has 13 heteroatoms. The number of Topliss-reactive ketones (excluding diaryl/α,β-unsaturated/α-hetero) is 2. The minimum Gasteiger partial charge on any atom is -0.510 e. The second kappa shape index (κ2) is 9.07. The summed E-state index contributed by atoms with van der Waals surface area (Å²) in [5.74, 6) is -9.00. The first-order valence-corrected chi connectivity index (χ1v) is 12.7. The standard InChI is InChI=1S/C26H28F3N3O7/c1-2-31-19-12-7-9-6-11-16(14(33)8-10(13-4-3-5-32-13)18(11)26(27,28)29)20(34)15(9)22(36)25(12,39)23(37)17(21(19)35)24(30)38/h8-9,12-13,19,31-33,35-36,39H,2-7H2,1H3,(H2,30,38)/t9-,12-,13?,19-,25-/m0/s1. The Morgan fingerprint density at radius 3 is 2.51 bits per heavy atom. The van der Waals surface area contributed by atoms with E-state index in [1.165, 1.54) is 0 Å². The summed E-state index contributed by atoms with van der Waals surface area (Å²) in [4.78, 5) is 38.9. The van der Waals surface area contributed by atoms with E-state index in [4.69, 9.17) is 5.73 Å². The molecule has 0 aromatic heterocycles. The van der Waals surface area contributed by atoms with Crippen molar-refractivity contribution in [1.29, 1.82) is 0 Å². The van der Waals surface area contributed by atoms with E-state index in [0.29, 0.717) is 19.4 Å². The molecule has 1 fully saturated rings. The molecule has 0 saturated carbocycles. The van der Waals surface area contributed by atoms with Gasteiger partial charge in [0.25, 0.3) is 5.91 Å². The number of aliphatic hydroxyl groups excluding tert-OH is 2. The Labute approximate surface area is 220 Å². The molecule has 3 aliphatic carbocycles. The zero-order chi connectivity index (χ0) is 28.6. The Hall–Kier alpha value is -3.42. The summed E-state index contributed by atoms with van der Waals surface area (Å²) in [5.41, 5.74) is -1.38. The van der Waals surface area contributed by atoms with Gasteiger partial charge in [-0.15, -0.1) is 0 Å². The molecular formula is C26H28F3N3O7. The number of alkyl halides is 3. The highest BCUT2D eigenvalue weighted by Crippen LogP contribution is 2.54. The number of rotatable bonds is 4. The van der Waals surface area contributed by atoms with E-state index >= 15 is 0 Å². The number of phenolic OH excluding ortho intramolecular Hbond substituents is 1. The van der Waals surface area contributed by atoms with Gasteiger partial charge in [0.2, 0.25) is 5.78 Å². The number of fused-ring (bicyclic) bond motifs is 3. The smallest absolute Gasteiger partial charge is 0.417 e. The Morgan fingerprint density at radius 1 is 1.26 bits per heavy atom. The van der Waals surface area contributed by atoms with Crippen LogP contribution in [0, 0.1) is 11.8 Å². The van der Waals surface area contributed by atoms with Crippen molar-refractivity contribution >= 4 is 17.5 Å². The maximum atomic E-state index is 14.5. The summed E-state index contributed by atoms with van der Waals surface area (Å²) in [6.07, 6.45) is -4.58. The fraction of sp³-hybridized carbons (Fsp3) is 0.500. The maximum absolute atomic E-state index is 14.5. The number of nitrogens with one attached hydrogen (secondary N) is 2. The third kappa shape index (κ3) is 3.78. The van der Waals surface area contributed by atoms with Gasteiger partial charge in [0, 0.05) is 17.5 Å². The third-order valence-electron chi connectivity index (χ3n) is 8.38. The normalized spacial score (nSPS) is 30.8. The van der Waals surface area contributed by atoms with Gasteiger partial charge in [-0.2, -0.15) is 13.2 Å². The summed E-state index contributed by atoms with van der Waals surface area (Å²) >= 11 is 0. The summed E-state index contributed by atoms with van der Waals surface area (Å²) in [6, 6.07) is -1.05. The number of allylic oxidation sites excluding steroid dienone is 1. The number of hydrogen-bond acceptors (Lipinski definition) is 9. The number of primary amides is 1. The number of amides is 1. The lowest BCUT2D eigenvalue weighted by atomic mass is 9.58. The molecule has 1 unspecified atom stereocenters. The molecule has 1 heterocycles. The molecule has 210 valence electrons. The molecule has 5 atom stereocenters. The zero-order valence-electron chi connectivity index (χ0n) is 20.9. The highest BCUT2D eigenvalue weighted by molar-refractivity contribution is 6.24. The Bertz CT molecular complexity index is 1360. The lowest BCUT2D eigenvalue weighted by Gasteiger charge is -2.49. The van der Waals surface area contributed by atoms with Crippen LogP contribution in [0.2, 0.25) is 0 Å². The van der Waals surface area contributed by atoms with Crippen molar-refractivity contribution < 1.29 is 48.0 Å². The van der Waals surface area contributed by atoms with Gasteiger partial charge in [-0.05, 0) is 61.9 Å². The van der Waals surface area contributed by atoms with E-state index in [1.54, 1.807) is 6.92 Å². The average molecular weight is 552 g/mol. The van der Waals surface area contributed by atoms with Gasteiger partial charge in [-0.3, -0.25) is 14.4 Å². The monoisotopic (exact) mass is 551 g/mol. The van der Waals surface area contributed by atoms with Crippen LogP contribution < -0.4 is 16.4 Å². The molecule has 39 heavy (non-hydrogen) atoms. The van der Waals surface area contributed by atoms with Crippen molar-refractivity contribution in [3.05, 3.63) is 51.0 Å². The first-order chi connectivity index (χ1) is 18.2. The van der Waals surface area contributed by atoms with Crippen molar-refractivity contribution in [2.75, 3.05) is 13.1 Å². The largest absolute Gasteiger partial charge is 0.510 e. The fourth-order valence-electron chi connectivity index (χ4n) is 6.79. The van der Waals surface area contributed by atoms with Crippen LogP contribution in [0.4, 0.5) is 13.2 Å². The first-order valence-electron chi connectivity index (χ1n) is 12.7. The second-order valence-electron chi connectivity index (χ2n) is 10.5. The molecular weight excluding hydrogens is 523 g/mol. The maximum Gasteiger partial charge on any atom is 0.417 e. The molecule has 1 aromatic rings. The molecule has 1 amide bonds. The Balaban J connectivity index is 1.73. The average Bonchev–Trinajstić information content (AvgIpc) is 3.37. The fourth-order valence-corrected chi connectivity index (χ4v) is 6.79. The van der Waals surface area contributed by atoms with Crippen LogP contribution in [0.25, 0.3) is 0 Å². The van der Waals surface area contributed by atoms with Crippen LogP contribution in [0.5, 0.6) is 5.75 Å². The van der Waals surface area contributed by atoms with Gasteiger partial charge in [0.1, 0.15) is 22.8 Å². The minimum absolute atomic E-state index is 0.176. The second-order valence-corrected chi connectivity index (χ2v) is 10.5. The SMILES string of the molecule is CCN[C@@H]1C(O)=C(C(N)=O)C(=O)[C@@]2(O)C(O)=C3C(=O)c4c(O)cc(C5CCCN5)c(C(F)(F)F)c4C[C@H]3C[C@@H]12. The minimum atomic E-state index is -4.87. The predicted octanol–water partition coefficient (Wildman–Crippen LogP) is 1.61. The van der Waals surface area contributed by atoms with E-state index < -0.39 is 105 Å². The number of carbonyl (C=O) groups is 3. The number of benzene rings is 1. The quantitative estimate of drug-likeness (QED) is 0.273. The van der Waals surface area contributed by atoms with Crippen molar-refractivity contribution in [1.82, 2.24) is 10.6 Å². The Kier molecular flexibility index (Phi) is 6.31. The van der Waals surface area contributed by atoms with Gasteiger partial charge in [-0.25, -0.2) is 0 Å². The number of phenols is 1. The molecule has 1 saturated heterocycles. The number of ketones is 2. The number of likely N-dealkylation sites (N-methyl/N-ethyl adjacent to an activating group) is 1. The molecule has 10 nitrogen and oxygen atoms in total. The van der Waals surface area contributed by atoms with E-state index in [0.717, 1.165) is 6.07 Å². The van der Waals surface area contributed by atoms with E-state index in [-0.39, 0.29) is 18.5 Å². The number of hydrogen-bond donors (Lipinski definition) is 7. The van der Waals surface area contributed by atoms with Gasteiger partial charge >= 0.3 is 6.18 Å². The number of carbonyl (C=O) groups excluding carboxylic acids is 3. The summed E-state index contributed by atoms with van der Waals surface area (Å²) in [5, 5.41) is 50.1. The van der Waals surface area contributed by atoms with Crippen LogP contribution in [0.15, 0.2) is 28.7 Å². The molecule has 0 bridgehead atoms. The summed E-state index contributed by atoms with van der Waals surface area (Å²) < 4.78 is 43.5.